The fraction of sp³-hybridized carbons (Fsp3) is 0.136. The first-order valence-corrected chi connectivity index (χ1v) is 10.1. The van der Waals surface area contributed by atoms with Gasteiger partial charge in [0.15, 0.2) is 5.13 Å². The van der Waals surface area contributed by atoms with E-state index in [1.807, 2.05) is 43.3 Å². The second kappa shape index (κ2) is 8.38. The monoisotopic (exact) mass is 418 g/mol. The molecule has 0 unspecified atom stereocenters. The van der Waals surface area contributed by atoms with Gasteiger partial charge in [0, 0.05) is 18.3 Å². The SMILES string of the molecule is Cc1cccc2sc(N(Cc3ccccn3)C(=O)Cc3ccc([N+](=O)[O-])cc3)nc12. The Morgan fingerprint density at radius 2 is 1.90 bits per heavy atom. The van der Waals surface area contributed by atoms with E-state index in [4.69, 9.17) is 4.98 Å². The van der Waals surface area contributed by atoms with E-state index in [1.165, 1.54) is 23.5 Å². The Bertz CT molecular complexity index is 1210. The van der Waals surface area contributed by atoms with Gasteiger partial charge in [-0.1, -0.05) is 41.7 Å². The van der Waals surface area contributed by atoms with E-state index in [-0.39, 0.29) is 18.0 Å². The fourth-order valence-corrected chi connectivity index (χ4v) is 4.17. The molecule has 0 aliphatic heterocycles. The number of carbonyl (C=O) groups excluding carboxylic acids is 1. The summed E-state index contributed by atoms with van der Waals surface area (Å²) in [5.74, 6) is -0.147. The van der Waals surface area contributed by atoms with Crippen LogP contribution < -0.4 is 4.90 Å². The van der Waals surface area contributed by atoms with E-state index >= 15 is 0 Å². The zero-order valence-corrected chi connectivity index (χ0v) is 17.0. The van der Waals surface area contributed by atoms with E-state index in [9.17, 15) is 14.9 Å². The zero-order chi connectivity index (χ0) is 21.1. The van der Waals surface area contributed by atoms with Crippen molar-refractivity contribution in [1.82, 2.24) is 9.97 Å². The van der Waals surface area contributed by atoms with Gasteiger partial charge >= 0.3 is 0 Å². The number of aryl methyl sites for hydroxylation is 1. The molecule has 2 heterocycles. The molecule has 2 aromatic heterocycles. The van der Waals surface area contributed by atoms with Crippen LogP contribution in [0.25, 0.3) is 10.2 Å². The summed E-state index contributed by atoms with van der Waals surface area (Å²) in [6.07, 6.45) is 1.80. The summed E-state index contributed by atoms with van der Waals surface area (Å²) < 4.78 is 1.01. The van der Waals surface area contributed by atoms with E-state index in [0.717, 1.165) is 21.5 Å². The number of nitro benzene ring substituents is 1. The molecule has 0 spiro atoms. The normalized spacial score (nSPS) is 10.8. The number of anilines is 1. The summed E-state index contributed by atoms with van der Waals surface area (Å²) in [7, 11) is 0. The largest absolute Gasteiger partial charge is 0.282 e. The molecule has 0 fully saturated rings. The second-order valence-corrected chi connectivity index (χ2v) is 7.83. The van der Waals surface area contributed by atoms with E-state index in [0.29, 0.717) is 17.2 Å². The molecule has 0 saturated heterocycles. The Morgan fingerprint density at radius 3 is 2.57 bits per heavy atom. The molecular weight excluding hydrogens is 400 g/mol. The van der Waals surface area contributed by atoms with Crippen LogP contribution in [0.5, 0.6) is 0 Å². The highest BCUT2D eigenvalue weighted by Gasteiger charge is 2.21. The van der Waals surface area contributed by atoms with Gasteiger partial charge in [-0.2, -0.15) is 0 Å². The highest BCUT2D eigenvalue weighted by Crippen LogP contribution is 2.31. The summed E-state index contributed by atoms with van der Waals surface area (Å²) >= 11 is 1.46. The van der Waals surface area contributed by atoms with Crippen LogP contribution in [0.2, 0.25) is 0 Å². The lowest BCUT2D eigenvalue weighted by molar-refractivity contribution is -0.384. The molecule has 0 atom stereocenters. The fourth-order valence-electron chi connectivity index (χ4n) is 3.11. The number of amides is 1. The van der Waals surface area contributed by atoms with E-state index in [2.05, 4.69) is 4.98 Å². The minimum Gasteiger partial charge on any atom is -0.282 e. The first kappa shape index (κ1) is 19.7. The van der Waals surface area contributed by atoms with Crippen LogP contribution in [0.3, 0.4) is 0 Å². The van der Waals surface area contributed by atoms with Gasteiger partial charge in [0.05, 0.1) is 33.8 Å². The first-order valence-electron chi connectivity index (χ1n) is 9.31. The standard InChI is InChI=1S/C22H18N4O3S/c1-15-5-4-7-19-21(15)24-22(30-19)25(14-17-6-2-3-12-23-17)20(27)13-16-8-10-18(11-9-16)26(28)29/h2-12H,13-14H2,1H3. The van der Waals surface area contributed by atoms with E-state index < -0.39 is 4.92 Å². The van der Waals surface area contributed by atoms with Gasteiger partial charge in [0.25, 0.3) is 5.69 Å². The quantitative estimate of drug-likeness (QED) is 0.335. The van der Waals surface area contributed by atoms with Crippen LogP contribution in [0.1, 0.15) is 16.8 Å². The maximum absolute atomic E-state index is 13.2. The number of benzene rings is 2. The molecule has 0 radical (unpaired) electrons. The number of nitro groups is 1. The number of hydrogen-bond donors (Lipinski definition) is 0. The van der Waals surface area contributed by atoms with Crippen molar-refractivity contribution < 1.29 is 9.72 Å². The minimum absolute atomic E-state index is 0.00168. The third-order valence-corrected chi connectivity index (χ3v) is 5.73. The predicted molar refractivity (Wildman–Crippen MR) is 117 cm³/mol. The summed E-state index contributed by atoms with van der Waals surface area (Å²) in [5.41, 5.74) is 3.39. The third kappa shape index (κ3) is 4.18. The maximum atomic E-state index is 13.2. The molecule has 30 heavy (non-hydrogen) atoms. The van der Waals surface area contributed by atoms with Crippen molar-refractivity contribution in [3.8, 4) is 0 Å². The molecule has 7 nitrogen and oxygen atoms in total. The second-order valence-electron chi connectivity index (χ2n) is 6.82. The number of rotatable bonds is 6. The van der Waals surface area contributed by atoms with Crippen molar-refractivity contribution in [2.75, 3.05) is 4.90 Å². The number of nitrogens with zero attached hydrogens (tertiary/aromatic N) is 4. The predicted octanol–water partition coefficient (Wildman–Crippen LogP) is 4.68. The Morgan fingerprint density at radius 1 is 1.10 bits per heavy atom. The third-order valence-electron chi connectivity index (χ3n) is 4.69. The van der Waals surface area contributed by atoms with Crippen LogP contribution in [0.15, 0.2) is 66.9 Å². The molecule has 4 aromatic rings. The van der Waals surface area contributed by atoms with Gasteiger partial charge in [-0.3, -0.25) is 24.8 Å². The zero-order valence-electron chi connectivity index (χ0n) is 16.2. The average Bonchev–Trinajstić information content (AvgIpc) is 3.18. The van der Waals surface area contributed by atoms with Gasteiger partial charge < -0.3 is 0 Å². The van der Waals surface area contributed by atoms with Crippen molar-refractivity contribution in [2.24, 2.45) is 0 Å². The van der Waals surface area contributed by atoms with Crippen LogP contribution in [-0.4, -0.2) is 20.8 Å². The average molecular weight is 418 g/mol. The van der Waals surface area contributed by atoms with Crippen molar-refractivity contribution in [3.63, 3.8) is 0 Å². The van der Waals surface area contributed by atoms with Crippen LogP contribution in [-0.2, 0) is 17.8 Å². The molecule has 0 aliphatic carbocycles. The minimum atomic E-state index is -0.456. The number of carbonyl (C=O) groups is 1. The number of hydrogen-bond acceptors (Lipinski definition) is 6. The molecule has 8 heteroatoms. The first-order chi connectivity index (χ1) is 14.5. The summed E-state index contributed by atoms with van der Waals surface area (Å²) in [6, 6.07) is 17.6. The van der Waals surface area contributed by atoms with Gasteiger partial charge in [-0.05, 0) is 36.2 Å². The smallest absolute Gasteiger partial charge is 0.269 e. The molecule has 2 aromatic carbocycles. The lowest BCUT2D eigenvalue weighted by atomic mass is 10.1. The molecule has 1 amide bonds. The molecule has 0 saturated carbocycles. The van der Waals surface area contributed by atoms with Crippen LogP contribution in [0, 0.1) is 17.0 Å². The van der Waals surface area contributed by atoms with Crippen molar-refractivity contribution >= 4 is 38.3 Å². The Kier molecular flexibility index (Phi) is 5.49. The van der Waals surface area contributed by atoms with Gasteiger partial charge in [0.1, 0.15) is 0 Å². The van der Waals surface area contributed by atoms with Crippen LogP contribution >= 0.6 is 11.3 Å². The number of non-ortho nitro benzene ring substituents is 1. The summed E-state index contributed by atoms with van der Waals surface area (Å²) in [5, 5.41) is 11.5. The number of para-hydroxylation sites is 1. The number of thiazole rings is 1. The Balaban J connectivity index is 1.66. The number of pyridine rings is 1. The highest BCUT2D eigenvalue weighted by atomic mass is 32.1. The van der Waals surface area contributed by atoms with Gasteiger partial charge in [0.2, 0.25) is 5.91 Å². The molecule has 150 valence electrons. The lowest BCUT2D eigenvalue weighted by Crippen LogP contribution is -2.32. The van der Waals surface area contributed by atoms with Crippen molar-refractivity contribution in [1.29, 1.82) is 0 Å². The molecule has 4 rings (SSSR count). The van der Waals surface area contributed by atoms with Crippen molar-refractivity contribution in [2.45, 2.75) is 19.9 Å². The van der Waals surface area contributed by atoms with Crippen LogP contribution in [0.4, 0.5) is 10.8 Å². The Labute approximate surface area is 176 Å². The summed E-state index contributed by atoms with van der Waals surface area (Å²) in [4.78, 5) is 34.3. The Hall–Kier alpha value is -3.65. The molecule has 0 aliphatic rings. The molecule has 0 bridgehead atoms. The highest BCUT2D eigenvalue weighted by molar-refractivity contribution is 7.22. The van der Waals surface area contributed by atoms with Gasteiger partial charge in [-0.25, -0.2) is 4.98 Å². The van der Waals surface area contributed by atoms with Crippen molar-refractivity contribution in [3.05, 3.63) is 93.8 Å². The molecule has 0 N–H and O–H groups in total. The number of fused-ring (bicyclic) bond motifs is 1. The topological polar surface area (TPSA) is 89.2 Å². The maximum Gasteiger partial charge on any atom is 0.269 e. The van der Waals surface area contributed by atoms with Gasteiger partial charge in [-0.15, -0.1) is 0 Å². The lowest BCUT2D eigenvalue weighted by Gasteiger charge is -2.19. The number of aromatic nitrogens is 2. The van der Waals surface area contributed by atoms with E-state index in [1.54, 1.807) is 23.2 Å². The molecular formula is C22H18N4O3S. The summed E-state index contributed by atoms with van der Waals surface area (Å²) in [6.45, 7) is 2.29.